The van der Waals surface area contributed by atoms with Crippen molar-refractivity contribution >= 4 is 10.0 Å². The third-order valence-corrected chi connectivity index (χ3v) is 3.22. The van der Waals surface area contributed by atoms with Crippen molar-refractivity contribution in [3.05, 3.63) is 0 Å². The van der Waals surface area contributed by atoms with Gasteiger partial charge in [-0.25, -0.2) is 13.1 Å². The second-order valence-corrected chi connectivity index (χ2v) is 4.85. The van der Waals surface area contributed by atoms with Gasteiger partial charge in [0.15, 0.2) is 0 Å². The predicted molar refractivity (Wildman–Crippen MR) is 56.5 cm³/mol. The summed E-state index contributed by atoms with van der Waals surface area (Å²) in [6, 6.07) is -0.165. The zero-order chi connectivity index (χ0) is 11.0. The minimum Gasteiger partial charge on any atom is -0.381 e. The summed E-state index contributed by atoms with van der Waals surface area (Å²) in [5, 5.41) is 0. The predicted octanol–water partition coefficient (Wildman–Crippen LogP) is -0.320. The van der Waals surface area contributed by atoms with Gasteiger partial charge in [0.2, 0.25) is 10.0 Å². The molecule has 3 N–H and O–H groups in total. The summed E-state index contributed by atoms with van der Waals surface area (Å²) in [5.74, 6) is -0.00264. The van der Waals surface area contributed by atoms with E-state index in [4.69, 9.17) is 10.5 Å². The van der Waals surface area contributed by atoms with Crippen LogP contribution in [0.1, 0.15) is 20.3 Å². The maximum absolute atomic E-state index is 11.4. The van der Waals surface area contributed by atoms with Crippen LogP contribution in [0.15, 0.2) is 0 Å². The van der Waals surface area contributed by atoms with E-state index in [1.165, 1.54) is 0 Å². The summed E-state index contributed by atoms with van der Waals surface area (Å²) in [4.78, 5) is 0. The highest BCUT2D eigenvalue weighted by molar-refractivity contribution is 7.89. The number of ether oxygens (including phenoxy) is 1. The first-order valence-electron chi connectivity index (χ1n) is 4.83. The van der Waals surface area contributed by atoms with Gasteiger partial charge < -0.3 is 10.5 Å². The fourth-order valence-corrected chi connectivity index (χ4v) is 2.15. The quantitative estimate of drug-likeness (QED) is 0.554. The molecular formula is C8H20N2O3S. The Bertz CT molecular complexity index is 225. The monoisotopic (exact) mass is 224 g/mol. The molecule has 0 fully saturated rings. The van der Waals surface area contributed by atoms with Crippen LogP contribution in [0.3, 0.4) is 0 Å². The zero-order valence-electron chi connectivity index (χ0n) is 8.82. The van der Waals surface area contributed by atoms with Gasteiger partial charge in [-0.3, -0.25) is 0 Å². The number of nitrogens with one attached hydrogen (secondary N) is 1. The lowest BCUT2D eigenvalue weighted by molar-refractivity contribution is 0.163. The first-order chi connectivity index (χ1) is 6.55. The second kappa shape index (κ2) is 7.17. The maximum Gasteiger partial charge on any atom is 0.214 e. The van der Waals surface area contributed by atoms with Gasteiger partial charge in [0, 0.05) is 19.2 Å². The molecule has 0 aromatic rings. The highest BCUT2D eigenvalue weighted by Gasteiger charge is 2.14. The molecule has 5 nitrogen and oxygen atoms in total. The summed E-state index contributed by atoms with van der Waals surface area (Å²) in [6.45, 7) is 4.80. The Morgan fingerprint density at radius 2 is 2.07 bits per heavy atom. The van der Waals surface area contributed by atoms with Gasteiger partial charge in [0.05, 0.1) is 12.4 Å². The number of sulfonamides is 1. The van der Waals surface area contributed by atoms with Crippen LogP contribution < -0.4 is 10.5 Å². The van der Waals surface area contributed by atoms with Crippen molar-refractivity contribution in [3.8, 4) is 0 Å². The lowest BCUT2D eigenvalue weighted by atomic mass is 10.2. The molecule has 0 aliphatic rings. The van der Waals surface area contributed by atoms with E-state index >= 15 is 0 Å². The zero-order valence-corrected chi connectivity index (χ0v) is 9.64. The standard InChI is InChI=1S/C8H20N2O3S/c1-3-8(7-9)10-14(11,12)6-5-13-4-2/h8,10H,3-7,9H2,1-2H3. The van der Waals surface area contributed by atoms with Gasteiger partial charge in [0.25, 0.3) is 0 Å². The van der Waals surface area contributed by atoms with Crippen LogP contribution in [-0.2, 0) is 14.8 Å². The molecule has 14 heavy (non-hydrogen) atoms. The molecule has 0 heterocycles. The molecule has 0 aromatic heterocycles. The molecule has 1 unspecified atom stereocenters. The smallest absolute Gasteiger partial charge is 0.214 e. The van der Waals surface area contributed by atoms with Crippen LogP contribution in [0.2, 0.25) is 0 Å². The number of nitrogens with two attached hydrogens (primary N) is 1. The Morgan fingerprint density at radius 3 is 2.50 bits per heavy atom. The van der Waals surface area contributed by atoms with Gasteiger partial charge >= 0.3 is 0 Å². The number of hydrogen-bond donors (Lipinski definition) is 2. The fraction of sp³-hybridized carbons (Fsp3) is 1.00. The second-order valence-electron chi connectivity index (χ2n) is 2.97. The SMILES string of the molecule is CCOCCS(=O)(=O)NC(CC)CN. The number of hydrogen-bond acceptors (Lipinski definition) is 4. The molecule has 0 aliphatic carbocycles. The molecule has 6 heteroatoms. The topological polar surface area (TPSA) is 81.4 Å². The molecule has 0 aromatic carbocycles. The Balaban J connectivity index is 3.93. The molecule has 1 atom stereocenters. The van der Waals surface area contributed by atoms with E-state index in [9.17, 15) is 8.42 Å². The Morgan fingerprint density at radius 1 is 1.43 bits per heavy atom. The Kier molecular flexibility index (Phi) is 7.08. The highest BCUT2D eigenvalue weighted by atomic mass is 32.2. The maximum atomic E-state index is 11.4. The Hall–Kier alpha value is -0.170. The van der Waals surface area contributed by atoms with Crippen molar-refractivity contribution in [2.24, 2.45) is 5.73 Å². The molecule has 0 amide bonds. The molecule has 0 spiro atoms. The summed E-state index contributed by atoms with van der Waals surface area (Å²) in [7, 11) is -3.23. The minimum atomic E-state index is -3.23. The third kappa shape index (κ3) is 6.31. The molecular weight excluding hydrogens is 204 g/mol. The minimum absolute atomic E-state index is 0.00264. The van der Waals surface area contributed by atoms with Crippen LogP contribution in [0.25, 0.3) is 0 Å². The first-order valence-corrected chi connectivity index (χ1v) is 6.48. The molecule has 0 aliphatic heterocycles. The first kappa shape index (κ1) is 13.8. The van der Waals surface area contributed by atoms with Gasteiger partial charge in [-0.1, -0.05) is 6.92 Å². The van der Waals surface area contributed by atoms with Gasteiger partial charge in [-0.05, 0) is 13.3 Å². The van der Waals surface area contributed by atoms with E-state index in [-0.39, 0.29) is 18.4 Å². The summed E-state index contributed by atoms with van der Waals surface area (Å²) < 4.78 is 30.3. The number of rotatable bonds is 8. The van der Waals surface area contributed by atoms with Crippen LogP contribution in [0.4, 0.5) is 0 Å². The van der Waals surface area contributed by atoms with Crippen molar-refractivity contribution in [3.63, 3.8) is 0 Å². The van der Waals surface area contributed by atoms with Crippen molar-refractivity contribution < 1.29 is 13.2 Å². The van der Waals surface area contributed by atoms with E-state index < -0.39 is 10.0 Å². The van der Waals surface area contributed by atoms with Gasteiger partial charge in [0.1, 0.15) is 0 Å². The lowest BCUT2D eigenvalue weighted by Gasteiger charge is -2.14. The van der Waals surface area contributed by atoms with Crippen molar-refractivity contribution in [1.82, 2.24) is 4.72 Å². The molecule has 0 bridgehead atoms. The molecule has 86 valence electrons. The Labute approximate surface area is 86.1 Å². The molecule has 0 radical (unpaired) electrons. The van der Waals surface area contributed by atoms with E-state index in [1.54, 1.807) is 0 Å². The normalized spacial score (nSPS) is 14.2. The van der Waals surface area contributed by atoms with Crippen molar-refractivity contribution in [2.75, 3.05) is 25.5 Å². The van der Waals surface area contributed by atoms with Crippen molar-refractivity contribution in [1.29, 1.82) is 0 Å². The largest absolute Gasteiger partial charge is 0.381 e. The summed E-state index contributed by atoms with van der Waals surface area (Å²) in [6.07, 6.45) is 0.699. The van der Waals surface area contributed by atoms with Crippen LogP contribution in [0.5, 0.6) is 0 Å². The van der Waals surface area contributed by atoms with Gasteiger partial charge in [-0.2, -0.15) is 0 Å². The van der Waals surface area contributed by atoms with E-state index in [0.29, 0.717) is 19.6 Å². The molecule has 0 saturated heterocycles. The van der Waals surface area contributed by atoms with Crippen LogP contribution in [-0.4, -0.2) is 40.0 Å². The van der Waals surface area contributed by atoms with E-state index in [0.717, 1.165) is 0 Å². The molecule has 0 rings (SSSR count). The van der Waals surface area contributed by atoms with E-state index in [1.807, 2.05) is 13.8 Å². The van der Waals surface area contributed by atoms with Crippen LogP contribution in [0, 0.1) is 0 Å². The lowest BCUT2D eigenvalue weighted by Crippen LogP contribution is -2.41. The fourth-order valence-electron chi connectivity index (χ4n) is 0.924. The summed E-state index contributed by atoms with van der Waals surface area (Å²) in [5.41, 5.74) is 5.39. The highest BCUT2D eigenvalue weighted by Crippen LogP contribution is 1.93. The van der Waals surface area contributed by atoms with E-state index in [2.05, 4.69) is 4.72 Å². The van der Waals surface area contributed by atoms with Crippen molar-refractivity contribution in [2.45, 2.75) is 26.3 Å². The van der Waals surface area contributed by atoms with Crippen LogP contribution >= 0.6 is 0 Å². The average Bonchev–Trinajstić information content (AvgIpc) is 2.14. The third-order valence-electron chi connectivity index (χ3n) is 1.82. The molecule has 0 saturated carbocycles. The summed E-state index contributed by atoms with van der Waals surface area (Å²) >= 11 is 0. The average molecular weight is 224 g/mol. The van der Waals surface area contributed by atoms with Gasteiger partial charge in [-0.15, -0.1) is 0 Å².